The van der Waals surface area contributed by atoms with Crippen LogP contribution in [0.5, 0.6) is 17.2 Å². The van der Waals surface area contributed by atoms with Gasteiger partial charge in [0.15, 0.2) is 34.8 Å². The third-order valence-electron chi connectivity index (χ3n) is 11.4. The van der Waals surface area contributed by atoms with Crippen LogP contribution in [-0.2, 0) is 9.83 Å². The Balaban J connectivity index is 1.28. The Labute approximate surface area is 350 Å². The van der Waals surface area contributed by atoms with E-state index in [2.05, 4.69) is 9.97 Å². The van der Waals surface area contributed by atoms with E-state index in [-0.39, 0.29) is 10.2 Å². The van der Waals surface area contributed by atoms with Crippen molar-refractivity contribution >= 4 is 60.3 Å². The Bertz CT molecular complexity index is 3450. The minimum absolute atomic E-state index is 0.248. The smallest absolute Gasteiger partial charge is 0.322 e. The SMILES string of the molecule is COc1ccccc1OC(=O)C([SiH3])(c1ccccc1OC)c1cccc2c3nc4nc(nc5[nH]c(nc6nc(nc([nH]3)c12)-c1ccccc1-6)c1ccccc51)-c1ccccc1-4. The number of nitrogens with one attached hydrogen (secondary N) is 2. The van der Waals surface area contributed by atoms with Gasteiger partial charge >= 0.3 is 5.97 Å². The quantitative estimate of drug-likeness (QED) is 0.0957. The standard InChI is InChI=1S/C48H34N8O4Si/c1-58-35-23-10-9-21-33(35)48(61,47(57)60-37-25-12-11-24-36(37)59-2)34-22-13-20-32-38(34)46-55-44-31-19-8-7-18-30(31)42(53-44)51-40-27-15-4-3-14-26(27)39(49-40)50-41-28-16-5-6-17-29(28)43(52-41)54-45(32)56-46/h3-25H,1-2,61H3,(H2,49,50,51,52,53,54,55,56). The van der Waals surface area contributed by atoms with Crippen LogP contribution in [0.4, 0.5) is 0 Å². The average Bonchev–Trinajstić information content (AvgIpc) is 4.04. The molecule has 1 unspecified atom stereocenters. The lowest BCUT2D eigenvalue weighted by molar-refractivity contribution is -0.136. The van der Waals surface area contributed by atoms with Crippen LogP contribution in [0.3, 0.4) is 0 Å². The topological polar surface area (TPSA) is 154 Å². The molecule has 6 aromatic carbocycles. The summed E-state index contributed by atoms with van der Waals surface area (Å²) in [6, 6.07) is 44.3. The maximum absolute atomic E-state index is 15.2. The Morgan fingerprint density at radius 2 is 0.869 bits per heavy atom. The number of esters is 1. The molecule has 8 bridgehead atoms. The van der Waals surface area contributed by atoms with Gasteiger partial charge < -0.3 is 24.2 Å². The number of aromatic amines is 2. The van der Waals surface area contributed by atoms with Crippen LogP contribution < -0.4 is 14.2 Å². The molecule has 3 aromatic heterocycles. The van der Waals surface area contributed by atoms with Gasteiger partial charge in [-0.15, -0.1) is 0 Å². The van der Waals surface area contributed by atoms with E-state index in [0.717, 1.165) is 33.0 Å². The minimum Gasteiger partial charge on any atom is -0.496 e. The normalized spacial score (nSPS) is 12.8. The van der Waals surface area contributed by atoms with E-state index in [1.165, 1.54) is 0 Å². The second kappa shape index (κ2) is 14.1. The first-order valence-electron chi connectivity index (χ1n) is 19.7. The number of fused-ring (bicyclic) bond motifs is 20. The van der Waals surface area contributed by atoms with E-state index in [9.17, 15) is 0 Å². The van der Waals surface area contributed by atoms with E-state index >= 15 is 4.79 Å². The zero-order valence-electron chi connectivity index (χ0n) is 33.1. The molecule has 0 fully saturated rings. The molecule has 2 N–H and O–H groups in total. The Kier molecular flexibility index (Phi) is 8.32. The van der Waals surface area contributed by atoms with Crippen molar-refractivity contribution in [2.24, 2.45) is 0 Å². The van der Waals surface area contributed by atoms with E-state index in [1.807, 2.05) is 121 Å². The fourth-order valence-electron chi connectivity index (χ4n) is 8.43. The molecule has 11 rings (SSSR count). The summed E-state index contributed by atoms with van der Waals surface area (Å²) >= 11 is 0. The second-order valence-corrected chi connectivity index (χ2v) is 16.3. The zero-order valence-corrected chi connectivity index (χ0v) is 35.1. The van der Waals surface area contributed by atoms with Crippen LogP contribution >= 0.6 is 0 Å². The van der Waals surface area contributed by atoms with Gasteiger partial charge in [0.2, 0.25) is 0 Å². The van der Waals surface area contributed by atoms with Crippen LogP contribution in [0, 0.1) is 0 Å². The van der Waals surface area contributed by atoms with Crippen molar-refractivity contribution in [3.05, 3.63) is 151 Å². The molecule has 2 aliphatic heterocycles. The molecule has 1 atom stereocenters. The highest BCUT2D eigenvalue weighted by molar-refractivity contribution is 6.33. The molecule has 0 saturated heterocycles. The molecule has 5 heterocycles. The molecule has 9 aromatic rings. The summed E-state index contributed by atoms with van der Waals surface area (Å²) in [5, 5.41) is 1.82. The molecule has 294 valence electrons. The molecular formula is C48H34N8O4Si. The summed E-state index contributed by atoms with van der Waals surface area (Å²) in [5.74, 6) is 2.67. The minimum atomic E-state index is -1.35. The van der Waals surface area contributed by atoms with Crippen LogP contribution in [-0.4, -0.2) is 70.3 Å². The summed E-state index contributed by atoms with van der Waals surface area (Å²) in [7, 11) is 3.39. The number of para-hydroxylation sites is 3. The van der Waals surface area contributed by atoms with Crippen LogP contribution in [0.25, 0.3) is 89.7 Å². The molecule has 0 aliphatic carbocycles. The Morgan fingerprint density at radius 3 is 1.43 bits per heavy atom. The molecule has 61 heavy (non-hydrogen) atoms. The predicted molar refractivity (Wildman–Crippen MR) is 238 cm³/mol. The van der Waals surface area contributed by atoms with Gasteiger partial charge in [-0.1, -0.05) is 121 Å². The first kappa shape index (κ1) is 36.1. The van der Waals surface area contributed by atoms with Gasteiger partial charge in [0.1, 0.15) is 33.4 Å². The number of ether oxygens (including phenoxy) is 3. The van der Waals surface area contributed by atoms with Gasteiger partial charge in [0.05, 0.1) is 14.2 Å². The van der Waals surface area contributed by atoms with Gasteiger partial charge in [0, 0.05) is 59.6 Å². The van der Waals surface area contributed by atoms with E-state index in [4.69, 9.17) is 44.1 Å². The number of benzene rings is 6. The van der Waals surface area contributed by atoms with E-state index in [1.54, 1.807) is 32.4 Å². The number of carbonyl (C=O) groups excluding carboxylic acids is 1. The average molecular weight is 815 g/mol. The van der Waals surface area contributed by atoms with E-state index in [0.29, 0.717) is 85.0 Å². The number of hydrogen-bond donors (Lipinski definition) is 2. The molecule has 0 radical (unpaired) electrons. The fraction of sp³-hybridized carbons (Fsp3) is 0.0625. The second-order valence-electron chi connectivity index (χ2n) is 14.8. The van der Waals surface area contributed by atoms with Gasteiger partial charge in [-0.25, -0.2) is 29.9 Å². The highest BCUT2D eigenvalue weighted by Gasteiger charge is 2.43. The van der Waals surface area contributed by atoms with Gasteiger partial charge in [-0.2, -0.15) is 0 Å². The van der Waals surface area contributed by atoms with Crippen LogP contribution in [0.1, 0.15) is 11.1 Å². The summed E-state index contributed by atoms with van der Waals surface area (Å²) in [5.41, 5.74) is 6.75. The van der Waals surface area contributed by atoms with Crippen LogP contribution in [0.2, 0.25) is 0 Å². The van der Waals surface area contributed by atoms with Crippen molar-refractivity contribution < 1.29 is 19.0 Å². The number of aromatic nitrogens is 8. The maximum Gasteiger partial charge on any atom is 0.322 e. The summed E-state index contributed by atoms with van der Waals surface area (Å²) < 4.78 is 17.9. The molecule has 0 amide bonds. The predicted octanol–water partition coefficient (Wildman–Crippen LogP) is 8.10. The van der Waals surface area contributed by atoms with Crippen LogP contribution in [0.15, 0.2) is 140 Å². The Hall–Kier alpha value is -8.03. The molecular weight excluding hydrogens is 781 g/mol. The largest absolute Gasteiger partial charge is 0.496 e. The van der Waals surface area contributed by atoms with Gasteiger partial charge in [0.25, 0.3) is 0 Å². The lowest BCUT2D eigenvalue weighted by Gasteiger charge is -2.31. The highest BCUT2D eigenvalue weighted by Crippen LogP contribution is 2.43. The van der Waals surface area contributed by atoms with Gasteiger partial charge in [-0.3, -0.25) is 4.79 Å². The third kappa shape index (κ3) is 5.69. The van der Waals surface area contributed by atoms with Crippen molar-refractivity contribution in [3.63, 3.8) is 0 Å². The zero-order chi connectivity index (χ0) is 41.2. The van der Waals surface area contributed by atoms with E-state index < -0.39 is 11.0 Å². The number of carbonyl (C=O) groups is 1. The van der Waals surface area contributed by atoms with Crippen molar-refractivity contribution in [3.8, 4) is 62.8 Å². The first-order chi connectivity index (χ1) is 29.9. The van der Waals surface area contributed by atoms with Crippen molar-refractivity contribution in [2.45, 2.75) is 5.04 Å². The number of methoxy groups -OCH3 is 2. The van der Waals surface area contributed by atoms with Crippen molar-refractivity contribution in [1.29, 1.82) is 0 Å². The lowest BCUT2D eigenvalue weighted by atomic mass is 9.86. The molecule has 0 spiro atoms. The summed E-state index contributed by atoms with van der Waals surface area (Å²) in [6.45, 7) is 0. The summed E-state index contributed by atoms with van der Waals surface area (Å²) in [4.78, 5) is 53.1. The molecule has 2 aliphatic rings. The number of hydrogen-bond acceptors (Lipinski definition) is 10. The first-order valence-corrected chi connectivity index (χ1v) is 20.7. The number of H-pyrrole nitrogens is 2. The Morgan fingerprint density at radius 1 is 0.459 bits per heavy atom. The number of rotatable bonds is 6. The van der Waals surface area contributed by atoms with Gasteiger partial charge in [-0.05, 0) is 23.8 Å². The number of nitrogens with zero attached hydrogens (tertiary/aromatic N) is 6. The van der Waals surface area contributed by atoms with Crippen molar-refractivity contribution in [2.75, 3.05) is 14.2 Å². The summed E-state index contributed by atoms with van der Waals surface area (Å²) in [6.07, 6.45) is 0. The third-order valence-corrected chi connectivity index (χ3v) is 12.9. The molecule has 12 nitrogen and oxygen atoms in total. The molecule has 0 saturated carbocycles. The fourth-order valence-corrected chi connectivity index (χ4v) is 9.37. The monoisotopic (exact) mass is 814 g/mol. The lowest BCUT2D eigenvalue weighted by Crippen LogP contribution is -2.41. The maximum atomic E-state index is 15.2. The van der Waals surface area contributed by atoms with Crippen molar-refractivity contribution in [1.82, 2.24) is 39.9 Å². The highest BCUT2D eigenvalue weighted by atomic mass is 28.1. The molecule has 13 heteroatoms.